The summed E-state index contributed by atoms with van der Waals surface area (Å²) in [5.74, 6) is 0.726. The van der Waals surface area contributed by atoms with E-state index in [4.69, 9.17) is 9.47 Å². The molecule has 0 saturated heterocycles. The van der Waals surface area contributed by atoms with Gasteiger partial charge in [-0.25, -0.2) is 13.1 Å². The molecule has 0 aromatic heterocycles. The molecular formula is C11H14N2O5S. The molecule has 0 spiro atoms. The molecule has 104 valence electrons. The highest BCUT2D eigenvalue weighted by molar-refractivity contribution is 7.89. The fraction of sp³-hybridized carbons (Fsp3) is 0.364. The summed E-state index contributed by atoms with van der Waals surface area (Å²) < 4.78 is 36.5. The van der Waals surface area contributed by atoms with Crippen LogP contribution in [0.2, 0.25) is 0 Å². The number of amides is 1. The second kappa shape index (κ2) is 5.45. The summed E-state index contributed by atoms with van der Waals surface area (Å²) in [6, 6.07) is 4.39. The highest BCUT2D eigenvalue weighted by atomic mass is 32.2. The van der Waals surface area contributed by atoms with Crippen molar-refractivity contribution < 1.29 is 22.7 Å². The second-order valence-electron chi connectivity index (χ2n) is 3.90. The van der Waals surface area contributed by atoms with Gasteiger partial charge in [0.15, 0.2) is 11.5 Å². The molecule has 1 aromatic carbocycles. The average Bonchev–Trinajstić information content (AvgIpc) is 2.81. The molecule has 1 amide bonds. The second-order valence-corrected chi connectivity index (χ2v) is 5.66. The number of carbonyl (C=O) groups is 1. The Hall–Kier alpha value is -1.80. The molecule has 7 nitrogen and oxygen atoms in total. The van der Waals surface area contributed by atoms with Crippen molar-refractivity contribution in [3.8, 4) is 11.5 Å². The summed E-state index contributed by atoms with van der Waals surface area (Å²) in [6.45, 7) is 1.82. The van der Waals surface area contributed by atoms with Crippen LogP contribution in [0, 0.1) is 0 Å². The topological polar surface area (TPSA) is 93.7 Å². The molecule has 2 N–H and O–H groups in total. The van der Waals surface area contributed by atoms with Crippen LogP contribution in [0.3, 0.4) is 0 Å². The number of carbonyl (C=O) groups excluding carboxylic acids is 1. The summed E-state index contributed by atoms with van der Waals surface area (Å²) in [5, 5.41) is 2.50. The predicted molar refractivity (Wildman–Crippen MR) is 66.4 cm³/mol. The molecule has 19 heavy (non-hydrogen) atoms. The Bertz CT molecular complexity index is 585. The van der Waals surface area contributed by atoms with Crippen molar-refractivity contribution in [3.63, 3.8) is 0 Å². The largest absolute Gasteiger partial charge is 0.454 e. The van der Waals surface area contributed by atoms with Crippen LogP contribution in [0.25, 0.3) is 0 Å². The van der Waals surface area contributed by atoms with Crippen molar-refractivity contribution in [1.29, 1.82) is 0 Å². The minimum Gasteiger partial charge on any atom is -0.454 e. The SMILES string of the molecule is CC(=O)NCCNS(=O)(=O)c1ccc2c(c1)OCO2. The molecule has 1 aliphatic heterocycles. The Balaban J connectivity index is 2.01. The van der Waals surface area contributed by atoms with Gasteiger partial charge in [0, 0.05) is 26.1 Å². The smallest absolute Gasteiger partial charge is 0.240 e. The van der Waals surface area contributed by atoms with Crippen molar-refractivity contribution in [3.05, 3.63) is 18.2 Å². The molecule has 8 heteroatoms. The number of rotatable bonds is 5. The summed E-state index contributed by atoms with van der Waals surface area (Å²) in [5.41, 5.74) is 0. The van der Waals surface area contributed by atoms with E-state index in [1.165, 1.54) is 19.1 Å². The van der Waals surface area contributed by atoms with Crippen LogP contribution in [0.5, 0.6) is 11.5 Å². The van der Waals surface area contributed by atoms with Gasteiger partial charge in [-0.3, -0.25) is 4.79 Å². The Morgan fingerprint density at radius 3 is 2.74 bits per heavy atom. The van der Waals surface area contributed by atoms with E-state index in [0.29, 0.717) is 11.5 Å². The lowest BCUT2D eigenvalue weighted by molar-refractivity contribution is -0.118. The van der Waals surface area contributed by atoms with E-state index in [1.807, 2.05) is 0 Å². The van der Waals surface area contributed by atoms with Gasteiger partial charge in [-0.2, -0.15) is 0 Å². The van der Waals surface area contributed by atoms with Crippen LogP contribution >= 0.6 is 0 Å². The molecule has 2 rings (SSSR count). The van der Waals surface area contributed by atoms with Crippen molar-refractivity contribution in [2.45, 2.75) is 11.8 Å². The van der Waals surface area contributed by atoms with Crippen molar-refractivity contribution in [2.75, 3.05) is 19.9 Å². The quantitative estimate of drug-likeness (QED) is 0.733. The Labute approximate surface area is 110 Å². The van der Waals surface area contributed by atoms with E-state index in [-0.39, 0.29) is 30.7 Å². The first kappa shape index (κ1) is 13.6. The number of hydrogen-bond donors (Lipinski definition) is 2. The molecule has 0 fully saturated rings. The fourth-order valence-corrected chi connectivity index (χ4v) is 2.60. The first-order chi connectivity index (χ1) is 8.99. The lowest BCUT2D eigenvalue weighted by Crippen LogP contribution is -2.33. The monoisotopic (exact) mass is 286 g/mol. The van der Waals surface area contributed by atoms with Crippen LogP contribution in [-0.4, -0.2) is 34.2 Å². The molecule has 0 bridgehead atoms. The van der Waals surface area contributed by atoms with Crippen LogP contribution in [0.15, 0.2) is 23.1 Å². The zero-order chi connectivity index (χ0) is 13.9. The van der Waals surface area contributed by atoms with E-state index in [2.05, 4.69) is 10.0 Å². The normalized spacial score (nSPS) is 13.3. The molecule has 0 radical (unpaired) electrons. The highest BCUT2D eigenvalue weighted by Crippen LogP contribution is 2.33. The number of fused-ring (bicyclic) bond motifs is 1. The summed E-state index contributed by atoms with van der Waals surface area (Å²) in [6.07, 6.45) is 0. The molecule has 1 aromatic rings. The molecule has 0 unspecified atom stereocenters. The van der Waals surface area contributed by atoms with E-state index in [1.54, 1.807) is 6.07 Å². The predicted octanol–water partition coefficient (Wildman–Crippen LogP) is -0.170. The highest BCUT2D eigenvalue weighted by Gasteiger charge is 2.19. The summed E-state index contributed by atoms with van der Waals surface area (Å²) in [4.78, 5) is 10.7. The van der Waals surface area contributed by atoms with Gasteiger partial charge in [0.2, 0.25) is 22.7 Å². The number of benzene rings is 1. The van der Waals surface area contributed by atoms with E-state index < -0.39 is 10.0 Å². The standard InChI is InChI=1S/C11H14N2O5S/c1-8(14)12-4-5-13-19(15,16)9-2-3-10-11(6-9)18-7-17-10/h2-3,6,13H,4-5,7H2,1H3,(H,12,14). The first-order valence-corrected chi connectivity index (χ1v) is 7.11. The maximum atomic E-state index is 12.0. The maximum absolute atomic E-state index is 12.0. The lowest BCUT2D eigenvalue weighted by Gasteiger charge is -2.07. The van der Waals surface area contributed by atoms with Crippen molar-refractivity contribution >= 4 is 15.9 Å². The van der Waals surface area contributed by atoms with Crippen LogP contribution in [0.1, 0.15) is 6.92 Å². The molecule has 1 aliphatic rings. The van der Waals surface area contributed by atoms with E-state index in [9.17, 15) is 13.2 Å². The van der Waals surface area contributed by atoms with Gasteiger partial charge in [0.25, 0.3) is 0 Å². The number of ether oxygens (including phenoxy) is 2. The van der Waals surface area contributed by atoms with Gasteiger partial charge in [-0.05, 0) is 12.1 Å². The molecule has 0 atom stereocenters. The van der Waals surface area contributed by atoms with Gasteiger partial charge in [-0.1, -0.05) is 0 Å². The van der Waals surface area contributed by atoms with Crippen LogP contribution < -0.4 is 19.5 Å². The van der Waals surface area contributed by atoms with Gasteiger partial charge < -0.3 is 14.8 Å². The van der Waals surface area contributed by atoms with Gasteiger partial charge in [0.1, 0.15) is 0 Å². The van der Waals surface area contributed by atoms with Crippen LogP contribution in [-0.2, 0) is 14.8 Å². The minimum atomic E-state index is -3.62. The fourth-order valence-electron chi connectivity index (χ4n) is 1.55. The zero-order valence-corrected chi connectivity index (χ0v) is 11.1. The van der Waals surface area contributed by atoms with Gasteiger partial charge >= 0.3 is 0 Å². The summed E-state index contributed by atoms with van der Waals surface area (Å²) in [7, 11) is -3.62. The lowest BCUT2D eigenvalue weighted by atomic mass is 10.3. The number of nitrogens with one attached hydrogen (secondary N) is 2. The van der Waals surface area contributed by atoms with E-state index >= 15 is 0 Å². The third-order valence-electron chi connectivity index (χ3n) is 2.45. The summed E-state index contributed by atoms with van der Waals surface area (Å²) >= 11 is 0. The van der Waals surface area contributed by atoms with Crippen LogP contribution in [0.4, 0.5) is 0 Å². The molecular weight excluding hydrogens is 272 g/mol. The Morgan fingerprint density at radius 2 is 2.00 bits per heavy atom. The Morgan fingerprint density at radius 1 is 1.26 bits per heavy atom. The first-order valence-electron chi connectivity index (χ1n) is 5.63. The van der Waals surface area contributed by atoms with Crippen molar-refractivity contribution in [2.24, 2.45) is 0 Å². The maximum Gasteiger partial charge on any atom is 0.240 e. The zero-order valence-electron chi connectivity index (χ0n) is 10.3. The van der Waals surface area contributed by atoms with Gasteiger partial charge in [-0.15, -0.1) is 0 Å². The number of hydrogen-bond acceptors (Lipinski definition) is 5. The van der Waals surface area contributed by atoms with Crippen molar-refractivity contribution in [1.82, 2.24) is 10.0 Å². The van der Waals surface area contributed by atoms with E-state index in [0.717, 1.165) is 0 Å². The minimum absolute atomic E-state index is 0.0921. The molecule has 0 aliphatic carbocycles. The molecule has 1 heterocycles. The third-order valence-corrected chi connectivity index (χ3v) is 3.90. The number of sulfonamides is 1. The average molecular weight is 286 g/mol. The van der Waals surface area contributed by atoms with Gasteiger partial charge in [0.05, 0.1) is 4.90 Å². The third kappa shape index (κ3) is 3.36. The molecule has 0 saturated carbocycles. The Kier molecular flexibility index (Phi) is 3.91.